The van der Waals surface area contributed by atoms with Crippen molar-refractivity contribution in [2.45, 2.75) is 27.7 Å². The third-order valence-corrected chi connectivity index (χ3v) is 4.71. The maximum atomic E-state index is 12.7. The molecule has 0 aliphatic carbocycles. The van der Waals surface area contributed by atoms with Crippen LogP contribution in [-0.4, -0.2) is 60.6 Å². The van der Waals surface area contributed by atoms with Crippen molar-refractivity contribution in [1.29, 1.82) is 0 Å². The maximum Gasteiger partial charge on any atom is 0.513 e. The van der Waals surface area contributed by atoms with Crippen molar-refractivity contribution in [3.63, 3.8) is 0 Å². The van der Waals surface area contributed by atoms with E-state index in [0.717, 1.165) is 5.57 Å². The molecule has 0 saturated carbocycles. The highest BCUT2D eigenvalue weighted by Crippen LogP contribution is 2.16. The average Bonchev–Trinajstić information content (AvgIpc) is 2.68. The fourth-order valence-electron chi connectivity index (χ4n) is 2.67. The van der Waals surface area contributed by atoms with Gasteiger partial charge in [0.25, 0.3) is 5.91 Å². The van der Waals surface area contributed by atoms with Crippen molar-refractivity contribution in [2.24, 2.45) is 5.92 Å². The largest absolute Gasteiger partial charge is 0.513 e. The van der Waals surface area contributed by atoms with E-state index >= 15 is 0 Å². The van der Waals surface area contributed by atoms with Gasteiger partial charge < -0.3 is 19.3 Å². The van der Waals surface area contributed by atoms with E-state index in [9.17, 15) is 14.4 Å². The zero-order chi connectivity index (χ0) is 20.7. The quantitative estimate of drug-likeness (QED) is 0.440. The fraction of sp³-hybridized carbons (Fsp3) is 0.476. The molecule has 0 radical (unpaired) electrons. The van der Waals surface area contributed by atoms with E-state index in [-0.39, 0.29) is 18.4 Å². The Hall–Kier alpha value is -2.83. The predicted molar refractivity (Wildman–Crippen MR) is 105 cm³/mol. The second-order valence-electron chi connectivity index (χ2n) is 6.97. The lowest BCUT2D eigenvalue weighted by molar-refractivity contribution is -0.127. The van der Waals surface area contributed by atoms with Gasteiger partial charge in [0.1, 0.15) is 5.75 Å². The minimum absolute atomic E-state index is 0.00114. The van der Waals surface area contributed by atoms with E-state index < -0.39 is 6.16 Å². The van der Waals surface area contributed by atoms with Gasteiger partial charge in [-0.05, 0) is 44.0 Å². The van der Waals surface area contributed by atoms with Crippen LogP contribution in [-0.2, 0) is 9.53 Å². The predicted octanol–water partition coefficient (Wildman–Crippen LogP) is 3.11. The Bertz CT molecular complexity index is 732. The minimum Gasteiger partial charge on any atom is -0.434 e. The van der Waals surface area contributed by atoms with Gasteiger partial charge in [-0.3, -0.25) is 9.59 Å². The van der Waals surface area contributed by atoms with Crippen molar-refractivity contribution in [2.75, 3.05) is 32.8 Å². The summed E-state index contributed by atoms with van der Waals surface area (Å²) < 4.78 is 9.70. The number of benzene rings is 1. The first kappa shape index (κ1) is 21.5. The molecule has 28 heavy (non-hydrogen) atoms. The van der Waals surface area contributed by atoms with Gasteiger partial charge in [0.15, 0.2) is 0 Å². The number of carbonyl (C=O) groups is 3. The standard InChI is InChI=1S/C21H28N2O5/c1-5-27-21(26)28-18-8-6-17(7-9-18)20(25)23-12-10-22(11-13-23)19(24)14-16(4)15(2)3/h6-9,14-15H,5,10-13H2,1-4H3/b16-14+. The molecule has 1 aromatic carbocycles. The summed E-state index contributed by atoms with van der Waals surface area (Å²) in [7, 11) is 0. The summed E-state index contributed by atoms with van der Waals surface area (Å²) in [6.45, 7) is 9.98. The molecule has 0 N–H and O–H groups in total. The lowest BCUT2D eigenvalue weighted by Crippen LogP contribution is -2.50. The fourth-order valence-corrected chi connectivity index (χ4v) is 2.67. The van der Waals surface area contributed by atoms with Gasteiger partial charge in [0, 0.05) is 37.8 Å². The molecule has 1 aliphatic heterocycles. The molecule has 1 aliphatic rings. The molecule has 1 heterocycles. The van der Waals surface area contributed by atoms with Gasteiger partial charge in [0.2, 0.25) is 5.91 Å². The number of allylic oxidation sites excluding steroid dienone is 1. The smallest absolute Gasteiger partial charge is 0.434 e. The molecule has 152 valence electrons. The first-order chi connectivity index (χ1) is 13.3. The number of nitrogens with zero attached hydrogens (tertiary/aromatic N) is 2. The Labute approximate surface area is 165 Å². The summed E-state index contributed by atoms with van der Waals surface area (Å²) in [5.41, 5.74) is 1.56. The highest BCUT2D eigenvalue weighted by atomic mass is 16.7. The summed E-state index contributed by atoms with van der Waals surface area (Å²) >= 11 is 0. The zero-order valence-electron chi connectivity index (χ0n) is 16.9. The van der Waals surface area contributed by atoms with Gasteiger partial charge in [-0.1, -0.05) is 19.4 Å². The maximum absolute atomic E-state index is 12.7. The Morgan fingerprint density at radius 2 is 1.61 bits per heavy atom. The SMILES string of the molecule is CCOC(=O)Oc1ccc(C(=O)N2CCN(C(=O)/C=C(\C)C(C)C)CC2)cc1. The Morgan fingerprint density at radius 1 is 1.04 bits per heavy atom. The molecule has 0 unspecified atom stereocenters. The van der Waals surface area contributed by atoms with Crippen molar-refractivity contribution in [3.8, 4) is 5.75 Å². The Balaban J connectivity index is 1.90. The van der Waals surface area contributed by atoms with E-state index in [4.69, 9.17) is 9.47 Å². The van der Waals surface area contributed by atoms with Crippen LogP contribution in [0.25, 0.3) is 0 Å². The van der Waals surface area contributed by atoms with Crippen LogP contribution in [0.15, 0.2) is 35.9 Å². The molecule has 1 saturated heterocycles. The molecule has 0 bridgehead atoms. The van der Waals surface area contributed by atoms with Crippen LogP contribution in [0.1, 0.15) is 38.1 Å². The van der Waals surface area contributed by atoms with Gasteiger partial charge in [0.05, 0.1) is 6.61 Å². The normalized spacial score (nSPS) is 14.8. The van der Waals surface area contributed by atoms with E-state index in [1.54, 1.807) is 47.1 Å². The van der Waals surface area contributed by atoms with Crippen LogP contribution in [0.4, 0.5) is 4.79 Å². The number of hydrogen-bond acceptors (Lipinski definition) is 5. The van der Waals surface area contributed by atoms with Crippen LogP contribution in [0.2, 0.25) is 0 Å². The number of piperazine rings is 1. The molecule has 0 spiro atoms. The topological polar surface area (TPSA) is 76.2 Å². The van der Waals surface area contributed by atoms with Crippen LogP contribution in [0.5, 0.6) is 5.75 Å². The number of carbonyl (C=O) groups excluding carboxylic acids is 3. The van der Waals surface area contributed by atoms with Gasteiger partial charge >= 0.3 is 6.16 Å². The highest BCUT2D eigenvalue weighted by Gasteiger charge is 2.24. The molecule has 2 amide bonds. The third kappa shape index (κ3) is 5.84. The first-order valence-corrected chi connectivity index (χ1v) is 9.52. The summed E-state index contributed by atoms with van der Waals surface area (Å²) in [5, 5.41) is 0. The molecule has 0 aromatic heterocycles. The van der Waals surface area contributed by atoms with Crippen LogP contribution < -0.4 is 4.74 Å². The lowest BCUT2D eigenvalue weighted by atomic mass is 10.0. The zero-order valence-corrected chi connectivity index (χ0v) is 16.9. The Kier molecular flexibility index (Phi) is 7.61. The molecule has 1 aromatic rings. The van der Waals surface area contributed by atoms with Crippen LogP contribution in [0.3, 0.4) is 0 Å². The monoisotopic (exact) mass is 388 g/mol. The van der Waals surface area contributed by atoms with E-state index in [1.807, 2.05) is 6.92 Å². The average molecular weight is 388 g/mol. The summed E-state index contributed by atoms with van der Waals surface area (Å²) in [4.78, 5) is 39.8. The number of amides is 2. The first-order valence-electron chi connectivity index (χ1n) is 9.52. The van der Waals surface area contributed by atoms with Gasteiger partial charge in [-0.25, -0.2) is 4.79 Å². The highest BCUT2D eigenvalue weighted by molar-refractivity contribution is 5.95. The number of ether oxygens (including phenoxy) is 2. The summed E-state index contributed by atoms with van der Waals surface area (Å²) in [5.74, 6) is 0.544. The van der Waals surface area contributed by atoms with Gasteiger partial charge in [-0.2, -0.15) is 0 Å². The number of rotatable bonds is 5. The molecule has 0 atom stereocenters. The minimum atomic E-state index is -0.774. The van der Waals surface area contributed by atoms with Crippen molar-refractivity contribution in [1.82, 2.24) is 9.80 Å². The lowest BCUT2D eigenvalue weighted by Gasteiger charge is -2.34. The van der Waals surface area contributed by atoms with Crippen LogP contribution >= 0.6 is 0 Å². The van der Waals surface area contributed by atoms with Gasteiger partial charge in [-0.15, -0.1) is 0 Å². The molecule has 7 heteroatoms. The second-order valence-corrected chi connectivity index (χ2v) is 6.97. The second kappa shape index (κ2) is 9.92. The summed E-state index contributed by atoms with van der Waals surface area (Å²) in [6, 6.07) is 6.35. The van der Waals surface area contributed by atoms with Crippen molar-refractivity contribution >= 4 is 18.0 Å². The molecule has 2 rings (SSSR count). The molecule has 7 nitrogen and oxygen atoms in total. The van der Waals surface area contributed by atoms with Crippen molar-refractivity contribution < 1.29 is 23.9 Å². The van der Waals surface area contributed by atoms with E-state index in [0.29, 0.717) is 43.4 Å². The third-order valence-electron chi connectivity index (χ3n) is 4.71. The molecular weight excluding hydrogens is 360 g/mol. The van der Waals surface area contributed by atoms with Crippen molar-refractivity contribution in [3.05, 3.63) is 41.5 Å². The Morgan fingerprint density at radius 3 is 2.14 bits per heavy atom. The molecular formula is C21H28N2O5. The number of hydrogen-bond donors (Lipinski definition) is 0. The van der Waals surface area contributed by atoms with Crippen LogP contribution in [0, 0.1) is 5.92 Å². The van der Waals surface area contributed by atoms with E-state index in [1.165, 1.54) is 0 Å². The van der Waals surface area contributed by atoms with E-state index in [2.05, 4.69) is 13.8 Å². The molecule has 1 fully saturated rings. The summed E-state index contributed by atoms with van der Waals surface area (Å²) in [6.07, 6.45) is 0.911.